The van der Waals surface area contributed by atoms with Gasteiger partial charge in [-0.1, -0.05) is 17.7 Å². The summed E-state index contributed by atoms with van der Waals surface area (Å²) in [5.74, 6) is 0.476. The van der Waals surface area contributed by atoms with Crippen molar-refractivity contribution >= 4 is 23.2 Å². The second-order valence-corrected chi connectivity index (χ2v) is 6.66. The molecule has 0 fully saturated rings. The third-order valence-electron chi connectivity index (χ3n) is 4.38. The first kappa shape index (κ1) is 17.2. The maximum Gasteiger partial charge on any atom is 0.271 e. The van der Waals surface area contributed by atoms with Gasteiger partial charge in [-0.3, -0.25) is 4.79 Å². The van der Waals surface area contributed by atoms with Crippen LogP contribution in [0.2, 0.25) is 5.02 Å². The molecule has 0 aliphatic heterocycles. The Balaban J connectivity index is 1.55. The zero-order chi connectivity index (χ0) is 19.0. The maximum atomic E-state index is 12.6. The van der Waals surface area contributed by atoms with Crippen LogP contribution in [-0.2, 0) is 0 Å². The van der Waals surface area contributed by atoms with Crippen molar-refractivity contribution < 1.29 is 4.79 Å². The Morgan fingerprint density at radius 3 is 2.85 bits per heavy atom. The molecule has 0 saturated heterocycles. The molecule has 4 aromatic heterocycles. The highest BCUT2D eigenvalue weighted by Gasteiger charge is 2.19. The van der Waals surface area contributed by atoms with Gasteiger partial charge in [0.1, 0.15) is 11.3 Å². The fraction of sp³-hybridized carbons (Fsp3) is 0.158. The van der Waals surface area contributed by atoms with Gasteiger partial charge >= 0.3 is 0 Å². The third kappa shape index (κ3) is 3.29. The summed E-state index contributed by atoms with van der Waals surface area (Å²) in [5, 5.41) is 7.95. The minimum Gasteiger partial charge on any atom is -0.344 e. The lowest BCUT2D eigenvalue weighted by Crippen LogP contribution is -2.27. The molecule has 0 aliphatic rings. The molecule has 1 N–H and O–H groups in total. The topological polar surface area (TPSA) is 77.1 Å². The van der Waals surface area contributed by atoms with Gasteiger partial charge in [-0.15, -0.1) is 0 Å². The van der Waals surface area contributed by atoms with Gasteiger partial charge in [0.05, 0.1) is 17.3 Å². The van der Waals surface area contributed by atoms with Gasteiger partial charge in [0, 0.05) is 29.8 Å². The first-order chi connectivity index (χ1) is 13.0. The van der Waals surface area contributed by atoms with Crippen LogP contribution in [0.25, 0.3) is 11.5 Å². The molecule has 1 amide bonds. The standard InChI is InChI=1S/C19H17ClN6O/c1-12(15-9-22-26(13(15)2)17-5-3-4-8-21-17)23-19(27)16-11-25-10-14(20)6-7-18(25)24-16/h3-12H,1-2H3,(H,23,27). The van der Waals surface area contributed by atoms with Gasteiger partial charge < -0.3 is 9.72 Å². The zero-order valence-electron chi connectivity index (χ0n) is 14.8. The van der Waals surface area contributed by atoms with Crippen molar-refractivity contribution in [3.63, 3.8) is 0 Å². The van der Waals surface area contributed by atoms with E-state index in [-0.39, 0.29) is 11.9 Å². The van der Waals surface area contributed by atoms with Crippen molar-refractivity contribution in [3.05, 3.63) is 77.1 Å². The van der Waals surface area contributed by atoms with Crippen LogP contribution in [0.15, 0.2) is 55.1 Å². The lowest BCUT2D eigenvalue weighted by molar-refractivity contribution is 0.0935. The molecular weight excluding hydrogens is 364 g/mol. The largest absolute Gasteiger partial charge is 0.344 e. The summed E-state index contributed by atoms with van der Waals surface area (Å²) in [6, 6.07) is 8.92. The minimum absolute atomic E-state index is 0.233. The van der Waals surface area contributed by atoms with Gasteiger partial charge in [0.2, 0.25) is 0 Å². The molecule has 0 aromatic carbocycles. The molecule has 27 heavy (non-hydrogen) atoms. The zero-order valence-corrected chi connectivity index (χ0v) is 15.6. The quantitative estimate of drug-likeness (QED) is 0.589. The third-order valence-corrected chi connectivity index (χ3v) is 4.60. The Bertz CT molecular complexity index is 1120. The lowest BCUT2D eigenvalue weighted by Gasteiger charge is -2.13. The van der Waals surface area contributed by atoms with Crippen LogP contribution in [0.3, 0.4) is 0 Å². The van der Waals surface area contributed by atoms with E-state index < -0.39 is 0 Å². The van der Waals surface area contributed by atoms with Crippen molar-refractivity contribution in [1.29, 1.82) is 0 Å². The molecule has 0 radical (unpaired) electrons. The smallest absolute Gasteiger partial charge is 0.271 e. The van der Waals surface area contributed by atoms with Gasteiger partial charge in [0.15, 0.2) is 5.82 Å². The molecule has 4 rings (SSSR count). The number of pyridine rings is 2. The van der Waals surface area contributed by atoms with Crippen LogP contribution in [0, 0.1) is 6.92 Å². The number of amides is 1. The molecular formula is C19H17ClN6O. The lowest BCUT2D eigenvalue weighted by atomic mass is 10.1. The van der Waals surface area contributed by atoms with Crippen LogP contribution >= 0.6 is 11.6 Å². The molecule has 1 unspecified atom stereocenters. The number of fused-ring (bicyclic) bond motifs is 1. The SMILES string of the molecule is Cc1c(C(C)NC(=O)c2cn3cc(Cl)ccc3n2)cnn1-c1ccccn1. The maximum absolute atomic E-state index is 12.6. The van der Waals surface area contributed by atoms with E-state index in [0.717, 1.165) is 17.1 Å². The fourth-order valence-electron chi connectivity index (χ4n) is 2.98. The number of halogens is 1. The molecule has 0 aliphatic carbocycles. The van der Waals surface area contributed by atoms with Crippen LogP contribution in [0.5, 0.6) is 0 Å². The van der Waals surface area contributed by atoms with Crippen molar-refractivity contribution in [2.45, 2.75) is 19.9 Å². The van der Waals surface area contributed by atoms with E-state index in [0.29, 0.717) is 16.4 Å². The summed E-state index contributed by atoms with van der Waals surface area (Å²) in [6.45, 7) is 3.87. The van der Waals surface area contributed by atoms with Crippen LogP contribution in [0.4, 0.5) is 0 Å². The number of hydrogen-bond donors (Lipinski definition) is 1. The Labute approximate surface area is 160 Å². The van der Waals surface area contributed by atoms with E-state index in [1.807, 2.05) is 32.0 Å². The van der Waals surface area contributed by atoms with Crippen LogP contribution < -0.4 is 5.32 Å². The van der Waals surface area contributed by atoms with Gasteiger partial charge in [-0.05, 0) is 38.1 Å². The molecule has 0 spiro atoms. The molecule has 4 heterocycles. The molecule has 7 nitrogen and oxygen atoms in total. The number of aromatic nitrogens is 5. The predicted octanol–water partition coefficient (Wildman–Crippen LogP) is 3.37. The Morgan fingerprint density at radius 2 is 2.07 bits per heavy atom. The van der Waals surface area contributed by atoms with Crippen LogP contribution in [-0.4, -0.2) is 30.1 Å². The molecule has 4 aromatic rings. The minimum atomic E-state index is -0.257. The number of carbonyl (C=O) groups excluding carboxylic acids is 1. The Kier molecular flexibility index (Phi) is 4.37. The van der Waals surface area contributed by atoms with Gasteiger partial charge in [0.25, 0.3) is 5.91 Å². The number of rotatable bonds is 4. The average molecular weight is 381 g/mol. The molecule has 136 valence electrons. The molecule has 8 heteroatoms. The highest BCUT2D eigenvalue weighted by Crippen LogP contribution is 2.20. The Morgan fingerprint density at radius 1 is 1.22 bits per heavy atom. The average Bonchev–Trinajstić information content (AvgIpc) is 3.25. The number of nitrogens with zero attached hydrogens (tertiary/aromatic N) is 5. The number of nitrogens with one attached hydrogen (secondary N) is 1. The normalized spacial score (nSPS) is 12.3. The van der Waals surface area contributed by atoms with E-state index in [9.17, 15) is 4.79 Å². The first-order valence-electron chi connectivity index (χ1n) is 8.44. The summed E-state index contributed by atoms with van der Waals surface area (Å²) in [6.07, 6.45) is 6.84. The summed E-state index contributed by atoms with van der Waals surface area (Å²) >= 11 is 5.98. The van der Waals surface area contributed by atoms with Gasteiger partial charge in [-0.25, -0.2) is 14.6 Å². The Hall–Kier alpha value is -3.19. The highest BCUT2D eigenvalue weighted by molar-refractivity contribution is 6.30. The monoisotopic (exact) mass is 380 g/mol. The van der Waals surface area contributed by atoms with Crippen molar-refractivity contribution in [2.75, 3.05) is 0 Å². The molecule has 0 saturated carbocycles. The first-order valence-corrected chi connectivity index (χ1v) is 8.82. The predicted molar refractivity (Wildman–Crippen MR) is 102 cm³/mol. The number of carbonyl (C=O) groups is 1. The summed E-state index contributed by atoms with van der Waals surface area (Å²) in [7, 11) is 0. The van der Waals surface area contributed by atoms with Crippen molar-refractivity contribution in [3.8, 4) is 5.82 Å². The van der Waals surface area contributed by atoms with Crippen molar-refractivity contribution in [1.82, 2.24) is 29.5 Å². The van der Waals surface area contributed by atoms with Crippen molar-refractivity contribution in [2.24, 2.45) is 0 Å². The van der Waals surface area contributed by atoms with E-state index in [2.05, 4.69) is 20.4 Å². The number of hydrogen-bond acceptors (Lipinski definition) is 4. The summed E-state index contributed by atoms with van der Waals surface area (Å²) in [5.41, 5.74) is 2.83. The van der Waals surface area contributed by atoms with Gasteiger partial charge in [-0.2, -0.15) is 5.10 Å². The second kappa shape index (κ2) is 6.85. The van der Waals surface area contributed by atoms with E-state index >= 15 is 0 Å². The fourth-order valence-corrected chi connectivity index (χ4v) is 3.15. The molecule has 0 bridgehead atoms. The summed E-state index contributed by atoms with van der Waals surface area (Å²) in [4.78, 5) is 21.3. The van der Waals surface area contributed by atoms with E-state index in [1.165, 1.54) is 0 Å². The van der Waals surface area contributed by atoms with E-state index in [4.69, 9.17) is 11.6 Å². The summed E-state index contributed by atoms with van der Waals surface area (Å²) < 4.78 is 3.48. The highest BCUT2D eigenvalue weighted by atomic mass is 35.5. The van der Waals surface area contributed by atoms with Crippen LogP contribution in [0.1, 0.15) is 34.7 Å². The van der Waals surface area contributed by atoms with E-state index in [1.54, 1.807) is 46.0 Å². The number of imidazole rings is 1. The molecule has 1 atom stereocenters. The second-order valence-electron chi connectivity index (χ2n) is 6.22.